The first kappa shape index (κ1) is 20.1. The summed E-state index contributed by atoms with van der Waals surface area (Å²) < 4.78 is 8.48. The van der Waals surface area contributed by atoms with Gasteiger partial charge in [0, 0.05) is 21.8 Å². The highest BCUT2D eigenvalue weighted by Crippen LogP contribution is 2.38. The highest BCUT2D eigenvalue weighted by molar-refractivity contribution is 14.1. The number of amides is 1. The Kier molecular flexibility index (Phi) is 5.50. The van der Waals surface area contributed by atoms with Gasteiger partial charge >= 0.3 is 0 Å². The molecule has 0 aliphatic heterocycles. The van der Waals surface area contributed by atoms with Crippen molar-refractivity contribution < 1.29 is 9.32 Å². The number of benzene rings is 1. The van der Waals surface area contributed by atoms with Crippen molar-refractivity contribution in [2.24, 2.45) is 11.3 Å². The molecule has 2 heterocycles. The Morgan fingerprint density at radius 2 is 2.07 bits per heavy atom. The fraction of sp³-hybridized carbons (Fsp3) is 0.409. The molecule has 0 radical (unpaired) electrons. The lowest BCUT2D eigenvalue weighted by atomic mass is 9.71. The van der Waals surface area contributed by atoms with E-state index < -0.39 is 0 Å². The molecule has 152 valence electrons. The number of carbonyl (C=O) groups is 1. The normalized spacial score (nSPS) is 16.5. The van der Waals surface area contributed by atoms with Crippen molar-refractivity contribution >= 4 is 34.2 Å². The molecule has 7 heteroatoms. The zero-order chi connectivity index (χ0) is 20.6. The molecule has 0 bridgehead atoms. The minimum Gasteiger partial charge on any atom is -0.360 e. The number of fused-ring (bicyclic) bond motifs is 1. The first-order valence-electron chi connectivity index (χ1n) is 9.85. The van der Waals surface area contributed by atoms with Crippen molar-refractivity contribution in [3.05, 3.63) is 62.8 Å². The maximum Gasteiger partial charge on any atom is 0.278 e. The summed E-state index contributed by atoms with van der Waals surface area (Å²) in [4.78, 5) is 12.8. The van der Waals surface area contributed by atoms with Gasteiger partial charge in [0.1, 0.15) is 5.76 Å². The number of hydrogen-bond acceptors (Lipinski definition) is 4. The van der Waals surface area contributed by atoms with Gasteiger partial charge in [0.05, 0.1) is 18.4 Å². The van der Waals surface area contributed by atoms with Gasteiger partial charge in [-0.1, -0.05) is 38.1 Å². The fourth-order valence-corrected chi connectivity index (χ4v) is 4.16. The van der Waals surface area contributed by atoms with Crippen molar-refractivity contribution in [1.82, 2.24) is 14.9 Å². The van der Waals surface area contributed by atoms with Gasteiger partial charge in [0.2, 0.25) is 0 Å². The Bertz CT molecular complexity index is 1010. The van der Waals surface area contributed by atoms with Gasteiger partial charge in [0.15, 0.2) is 5.69 Å². The zero-order valence-electron chi connectivity index (χ0n) is 16.9. The lowest BCUT2D eigenvalue weighted by Gasteiger charge is -2.33. The monoisotopic (exact) mass is 504 g/mol. The van der Waals surface area contributed by atoms with E-state index in [1.807, 2.05) is 10.9 Å². The van der Waals surface area contributed by atoms with Gasteiger partial charge in [0.25, 0.3) is 5.91 Å². The summed E-state index contributed by atoms with van der Waals surface area (Å²) in [6, 6.07) is 8.30. The number of nitrogens with zero attached hydrogens (tertiary/aromatic N) is 3. The summed E-state index contributed by atoms with van der Waals surface area (Å²) in [7, 11) is 0. The predicted molar refractivity (Wildman–Crippen MR) is 120 cm³/mol. The van der Waals surface area contributed by atoms with Crippen LogP contribution in [0.25, 0.3) is 0 Å². The van der Waals surface area contributed by atoms with Gasteiger partial charge in [-0.25, -0.2) is 0 Å². The topological polar surface area (TPSA) is 73.0 Å². The Morgan fingerprint density at radius 1 is 1.31 bits per heavy atom. The summed E-state index contributed by atoms with van der Waals surface area (Å²) in [5.41, 5.74) is 3.37. The van der Waals surface area contributed by atoms with Crippen LogP contribution in [0.1, 0.15) is 54.6 Å². The van der Waals surface area contributed by atoms with Crippen LogP contribution in [0.2, 0.25) is 0 Å². The third-order valence-corrected chi connectivity index (χ3v) is 6.35. The number of aryl methyl sites for hydroxylation is 1. The lowest BCUT2D eigenvalue weighted by Crippen LogP contribution is -2.27. The minimum atomic E-state index is -0.238. The molecular formula is C22H25IN4O2. The molecule has 2 aromatic heterocycles. The SMILES string of the molecule is CC(C)(C)C1CCc2onc(C(=O)Nc3cnn(Cc4ccc(I)cc4)c3)c2C1. The van der Waals surface area contributed by atoms with Crippen LogP contribution in [0.15, 0.2) is 41.2 Å². The third-order valence-electron chi connectivity index (χ3n) is 5.63. The highest BCUT2D eigenvalue weighted by Gasteiger charge is 2.34. The lowest BCUT2D eigenvalue weighted by molar-refractivity contribution is 0.101. The van der Waals surface area contributed by atoms with E-state index >= 15 is 0 Å². The molecule has 6 nitrogen and oxygen atoms in total. The van der Waals surface area contributed by atoms with Crippen LogP contribution in [-0.4, -0.2) is 20.8 Å². The van der Waals surface area contributed by atoms with Crippen LogP contribution < -0.4 is 5.32 Å². The molecule has 4 rings (SSSR count). The van der Waals surface area contributed by atoms with Crippen LogP contribution in [0.5, 0.6) is 0 Å². The number of nitrogens with one attached hydrogen (secondary N) is 1. The van der Waals surface area contributed by atoms with E-state index in [-0.39, 0.29) is 11.3 Å². The minimum absolute atomic E-state index is 0.194. The van der Waals surface area contributed by atoms with E-state index in [1.165, 1.54) is 3.57 Å². The van der Waals surface area contributed by atoms with Crippen LogP contribution in [0.3, 0.4) is 0 Å². The van der Waals surface area contributed by atoms with E-state index in [4.69, 9.17) is 4.52 Å². The molecule has 29 heavy (non-hydrogen) atoms. The molecule has 0 spiro atoms. The third kappa shape index (κ3) is 4.55. The molecule has 0 saturated heterocycles. The van der Waals surface area contributed by atoms with Gasteiger partial charge in [-0.15, -0.1) is 0 Å². The number of hydrogen-bond donors (Lipinski definition) is 1. The average Bonchev–Trinajstić information content (AvgIpc) is 3.29. The standard InChI is InChI=1S/C22H25IN4O2/c1-22(2,3)15-6-9-19-18(10-15)20(26-29-19)21(28)25-17-11-24-27(13-17)12-14-4-7-16(23)8-5-14/h4-5,7-8,11,13,15H,6,9-10,12H2,1-3H3,(H,25,28). The Hall–Kier alpha value is -2.16. The second-order valence-corrected chi connectivity index (χ2v) is 9.99. The summed E-state index contributed by atoms with van der Waals surface area (Å²) in [5, 5.41) is 11.4. The number of rotatable bonds is 4. The largest absolute Gasteiger partial charge is 0.360 e. The average molecular weight is 504 g/mol. The van der Waals surface area contributed by atoms with Crippen LogP contribution in [0, 0.1) is 14.9 Å². The fourth-order valence-electron chi connectivity index (χ4n) is 3.80. The number of aromatic nitrogens is 3. The van der Waals surface area contributed by atoms with Gasteiger partial charge < -0.3 is 9.84 Å². The second-order valence-electron chi connectivity index (χ2n) is 8.75. The van der Waals surface area contributed by atoms with Crippen LogP contribution in [-0.2, 0) is 19.4 Å². The summed E-state index contributed by atoms with van der Waals surface area (Å²) >= 11 is 2.29. The molecule has 0 fully saturated rings. The maximum atomic E-state index is 12.8. The molecule has 1 aliphatic carbocycles. The smallest absolute Gasteiger partial charge is 0.278 e. The van der Waals surface area contributed by atoms with Crippen molar-refractivity contribution in [2.75, 3.05) is 5.32 Å². The van der Waals surface area contributed by atoms with Crippen LogP contribution in [0.4, 0.5) is 5.69 Å². The molecule has 0 saturated carbocycles. The highest BCUT2D eigenvalue weighted by atomic mass is 127. The van der Waals surface area contributed by atoms with Crippen molar-refractivity contribution in [1.29, 1.82) is 0 Å². The van der Waals surface area contributed by atoms with Gasteiger partial charge in [-0.05, 0) is 64.5 Å². The maximum absolute atomic E-state index is 12.8. The van der Waals surface area contributed by atoms with Crippen molar-refractivity contribution in [2.45, 2.75) is 46.6 Å². The molecule has 3 aromatic rings. The van der Waals surface area contributed by atoms with Gasteiger partial charge in [-0.2, -0.15) is 5.10 Å². The molecule has 1 amide bonds. The Balaban J connectivity index is 1.45. The molecule has 1 unspecified atom stereocenters. The van der Waals surface area contributed by atoms with E-state index in [9.17, 15) is 4.79 Å². The molecule has 1 aliphatic rings. The first-order chi connectivity index (χ1) is 13.8. The first-order valence-corrected chi connectivity index (χ1v) is 10.9. The second kappa shape index (κ2) is 7.93. The molecular weight excluding hydrogens is 479 g/mol. The quantitative estimate of drug-likeness (QED) is 0.512. The molecule has 1 atom stereocenters. The Labute approximate surface area is 184 Å². The van der Waals surface area contributed by atoms with Crippen LogP contribution >= 0.6 is 22.6 Å². The molecule has 1 N–H and O–H groups in total. The van der Waals surface area contributed by atoms with E-state index in [0.29, 0.717) is 23.8 Å². The van der Waals surface area contributed by atoms with Gasteiger partial charge in [-0.3, -0.25) is 9.48 Å². The van der Waals surface area contributed by atoms with E-state index in [1.54, 1.807) is 6.20 Å². The number of anilines is 1. The summed E-state index contributed by atoms with van der Waals surface area (Å²) in [5.74, 6) is 1.13. The molecule has 1 aromatic carbocycles. The summed E-state index contributed by atoms with van der Waals surface area (Å²) in [6.45, 7) is 7.40. The number of carbonyl (C=O) groups excluding carboxylic acids is 1. The predicted octanol–water partition coefficient (Wildman–Crippen LogP) is 4.93. The van der Waals surface area contributed by atoms with E-state index in [2.05, 4.69) is 83.2 Å². The number of halogens is 1. The van der Waals surface area contributed by atoms with Crippen molar-refractivity contribution in [3.63, 3.8) is 0 Å². The van der Waals surface area contributed by atoms with E-state index in [0.717, 1.165) is 36.1 Å². The zero-order valence-corrected chi connectivity index (χ0v) is 19.1. The van der Waals surface area contributed by atoms with Crippen molar-refractivity contribution in [3.8, 4) is 0 Å². The summed E-state index contributed by atoms with van der Waals surface area (Å²) in [6.07, 6.45) is 6.23. The Morgan fingerprint density at radius 3 is 2.79 bits per heavy atom.